The number of aliphatic hydroxyl groups excluding tert-OH is 1. The Labute approximate surface area is 107 Å². The zero-order valence-electron chi connectivity index (χ0n) is 10.4. The molecule has 2 rings (SSSR count). The summed E-state index contributed by atoms with van der Waals surface area (Å²) in [6, 6.07) is 4.91. The molecule has 1 aromatic heterocycles. The Morgan fingerprint density at radius 2 is 2.35 bits per heavy atom. The van der Waals surface area contributed by atoms with E-state index in [0.717, 1.165) is 13.0 Å². The second-order valence-electron chi connectivity index (χ2n) is 4.77. The molecule has 0 amide bonds. The molecule has 2 unspecified atom stereocenters. The molecule has 1 aromatic rings. The normalized spacial score (nSPS) is 23.8. The van der Waals surface area contributed by atoms with Gasteiger partial charge in [0.2, 0.25) is 0 Å². The van der Waals surface area contributed by atoms with E-state index in [2.05, 4.69) is 24.0 Å². The molecule has 0 aromatic carbocycles. The maximum atomic E-state index is 9.48. The Hall–Kier alpha value is -0.420. The first kappa shape index (κ1) is 13.0. The summed E-state index contributed by atoms with van der Waals surface area (Å²) < 4.78 is 0. The minimum Gasteiger partial charge on any atom is -0.395 e. The van der Waals surface area contributed by atoms with E-state index in [1.54, 1.807) is 0 Å². The van der Waals surface area contributed by atoms with Crippen molar-refractivity contribution in [3.05, 3.63) is 21.9 Å². The molecule has 0 saturated carbocycles. The van der Waals surface area contributed by atoms with Crippen LogP contribution in [0.5, 0.6) is 0 Å². The first-order valence-corrected chi connectivity index (χ1v) is 7.21. The lowest BCUT2D eigenvalue weighted by Gasteiger charge is -2.39. The molecule has 96 valence electrons. The summed E-state index contributed by atoms with van der Waals surface area (Å²) in [5, 5.41) is 9.48. The van der Waals surface area contributed by atoms with Crippen molar-refractivity contribution in [3.8, 4) is 0 Å². The van der Waals surface area contributed by atoms with Gasteiger partial charge < -0.3 is 10.8 Å². The monoisotopic (exact) mass is 254 g/mol. The number of aliphatic hydroxyl groups is 1. The van der Waals surface area contributed by atoms with E-state index in [1.807, 2.05) is 11.3 Å². The second-order valence-corrected chi connectivity index (χ2v) is 6.09. The van der Waals surface area contributed by atoms with E-state index in [0.29, 0.717) is 12.6 Å². The van der Waals surface area contributed by atoms with Gasteiger partial charge in [-0.1, -0.05) is 6.42 Å². The number of hydrogen-bond acceptors (Lipinski definition) is 4. The highest BCUT2D eigenvalue weighted by molar-refractivity contribution is 7.12. The van der Waals surface area contributed by atoms with Gasteiger partial charge in [0.05, 0.1) is 12.6 Å². The molecule has 17 heavy (non-hydrogen) atoms. The van der Waals surface area contributed by atoms with E-state index >= 15 is 0 Å². The van der Waals surface area contributed by atoms with Gasteiger partial charge in [-0.3, -0.25) is 4.90 Å². The quantitative estimate of drug-likeness (QED) is 0.863. The van der Waals surface area contributed by atoms with Crippen molar-refractivity contribution >= 4 is 11.3 Å². The predicted molar refractivity (Wildman–Crippen MR) is 72.3 cm³/mol. The summed E-state index contributed by atoms with van der Waals surface area (Å²) >= 11 is 1.82. The Morgan fingerprint density at radius 3 is 2.94 bits per heavy atom. The van der Waals surface area contributed by atoms with Gasteiger partial charge in [-0.15, -0.1) is 11.3 Å². The number of rotatable bonds is 4. The second kappa shape index (κ2) is 5.96. The van der Waals surface area contributed by atoms with Gasteiger partial charge in [0, 0.05) is 22.3 Å². The third-order valence-corrected chi connectivity index (χ3v) is 4.70. The van der Waals surface area contributed by atoms with Crippen molar-refractivity contribution in [2.45, 2.75) is 38.3 Å². The van der Waals surface area contributed by atoms with Gasteiger partial charge in [0.25, 0.3) is 0 Å². The topological polar surface area (TPSA) is 49.5 Å². The molecule has 1 aliphatic rings. The summed E-state index contributed by atoms with van der Waals surface area (Å²) in [6.45, 7) is 4.07. The van der Waals surface area contributed by atoms with E-state index in [9.17, 15) is 5.11 Å². The van der Waals surface area contributed by atoms with Gasteiger partial charge in [-0.05, 0) is 38.4 Å². The Bertz CT molecular complexity index is 353. The van der Waals surface area contributed by atoms with Crippen LogP contribution in [-0.4, -0.2) is 35.7 Å². The highest BCUT2D eigenvalue weighted by atomic mass is 32.1. The average Bonchev–Trinajstić information content (AvgIpc) is 2.77. The smallest absolute Gasteiger partial charge is 0.0587 e. The molecule has 0 aliphatic carbocycles. The molecule has 0 radical (unpaired) electrons. The fourth-order valence-corrected chi connectivity index (χ4v) is 3.69. The number of thiophene rings is 1. The molecule has 1 fully saturated rings. The van der Waals surface area contributed by atoms with Crippen molar-refractivity contribution in [2.75, 3.05) is 19.7 Å². The zero-order chi connectivity index (χ0) is 12.3. The van der Waals surface area contributed by atoms with Gasteiger partial charge >= 0.3 is 0 Å². The largest absolute Gasteiger partial charge is 0.395 e. The maximum Gasteiger partial charge on any atom is 0.0587 e. The zero-order valence-corrected chi connectivity index (χ0v) is 11.2. The van der Waals surface area contributed by atoms with Gasteiger partial charge in [0.15, 0.2) is 0 Å². The Kier molecular flexibility index (Phi) is 4.56. The number of likely N-dealkylation sites (tertiary alicyclic amines) is 1. The van der Waals surface area contributed by atoms with Crippen LogP contribution >= 0.6 is 11.3 Å². The van der Waals surface area contributed by atoms with Gasteiger partial charge in [-0.2, -0.15) is 0 Å². The number of aryl methyl sites for hydroxylation is 1. The van der Waals surface area contributed by atoms with Crippen molar-refractivity contribution in [1.29, 1.82) is 0 Å². The molecular formula is C13H22N2OS. The number of hydrogen-bond donors (Lipinski definition) is 2. The minimum absolute atomic E-state index is 0.251. The first-order chi connectivity index (χ1) is 8.26. The standard InChI is InChI=1S/C13H22N2OS/c1-10-5-6-13(17-10)12(8-14)15-7-3-2-4-11(15)9-16/h5-6,11-12,16H,2-4,7-9,14H2,1H3. The van der Waals surface area contributed by atoms with Gasteiger partial charge in [0.1, 0.15) is 0 Å². The molecule has 0 spiro atoms. The van der Waals surface area contributed by atoms with E-state index in [4.69, 9.17) is 5.73 Å². The SMILES string of the molecule is Cc1ccc(C(CN)N2CCCCC2CO)s1. The summed E-state index contributed by atoms with van der Waals surface area (Å²) in [6.07, 6.45) is 3.54. The number of piperidine rings is 1. The van der Waals surface area contributed by atoms with Crippen LogP contribution in [-0.2, 0) is 0 Å². The van der Waals surface area contributed by atoms with Crippen LogP contribution < -0.4 is 5.73 Å². The van der Waals surface area contributed by atoms with E-state index in [1.165, 1.54) is 22.6 Å². The highest BCUT2D eigenvalue weighted by Gasteiger charge is 2.29. The molecule has 3 N–H and O–H groups in total. The Morgan fingerprint density at radius 1 is 1.53 bits per heavy atom. The van der Waals surface area contributed by atoms with Crippen LogP contribution in [0.4, 0.5) is 0 Å². The molecule has 2 heterocycles. The summed E-state index contributed by atoms with van der Waals surface area (Å²) in [5.41, 5.74) is 5.95. The lowest BCUT2D eigenvalue weighted by molar-refractivity contribution is 0.0565. The van der Waals surface area contributed by atoms with Crippen LogP contribution in [0.3, 0.4) is 0 Å². The third kappa shape index (κ3) is 2.88. The van der Waals surface area contributed by atoms with Crippen LogP contribution in [0.2, 0.25) is 0 Å². The highest BCUT2D eigenvalue weighted by Crippen LogP contribution is 2.31. The fraction of sp³-hybridized carbons (Fsp3) is 0.692. The lowest BCUT2D eigenvalue weighted by atomic mass is 9.99. The molecular weight excluding hydrogens is 232 g/mol. The van der Waals surface area contributed by atoms with Crippen LogP contribution in [0, 0.1) is 6.92 Å². The van der Waals surface area contributed by atoms with Crippen LogP contribution in [0.25, 0.3) is 0 Å². The molecule has 3 nitrogen and oxygen atoms in total. The maximum absolute atomic E-state index is 9.48. The average molecular weight is 254 g/mol. The summed E-state index contributed by atoms with van der Waals surface area (Å²) in [4.78, 5) is 5.07. The molecule has 4 heteroatoms. The van der Waals surface area contributed by atoms with Crippen molar-refractivity contribution in [1.82, 2.24) is 4.90 Å². The Balaban J connectivity index is 2.16. The first-order valence-electron chi connectivity index (χ1n) is 6.39. The van der Waals surface area contributed by atoms with E-state index in [-0.39, 0.29) is 12.6 Å². The lowest BCUT2D eigenvalue weighted by Crippen LogP contribution is -2.46. The number of nitrogens with zero attached hydrogens (tertiary/aromatic N) is 1. The fourth-order valence-electron chi connectivity index (χ4n) is 2.68. The van der Waals surface area contributed by atoms with Crippen molar-refractivity contribution < 1.29 is 5.11 Å². The van der Waals surface area contributed by atoms with Crippen molar-refractivity contribution in [3.63, 3.8) is 0 Å². The summed E-state index contributed by atoms with van der Waals surface area (Å²) in [5.74, 6) is 0. The third-order valence-electron chi connectivity index (χ3n) is 3.60. The number of nitrogens with two attached hydrogens (primary N) is 1. The van der Waals surface area contributed by atoms with Crippen LogP contribution in [0.15, 0.2) is 12.1 Å². The molecule has 1 saturated heterocycles. The van der Waals surface area contributed by atoms with Crippen LogP contribution in [0.1, 0.15) is 35.1 Å². The minimum atomic E-state index is 0.251. The molecule has 1 aliphatic heterocycles. The van der Waals surface area contributed by atoms with E-state index < -0.39 is 0 Å². The van der Waals surface area contributed by atoms with Gasteiger partial charge in [-0.25, -0.2) is 0 Å². The summed E-state index contributed by atoms with van der Waals surface area (Å²) in [7, 11) is 0. The van der Waals surface area contributed by atoms with Crippen molar-refractivity contribution in [2.24, 2.45) is 5.73 Å². The molecule has 0 bridgehead atoms. The molecule has 2 atom stereocenters. The predicted octanol–water partition coefficient (Wildman–Crippen LogP) is 1.90.